The Morgan fingerprint density at radius 3 is 2.69 bits per heavy atom. The minimum absolute atomic E-state index is 0.276. The number of phenols is 1. The normalized spacial score (nSPS) is 10.4. The zero-order valence-corrected chi connectivity index (χ0v) is 8.43. The minimum Gasteiger partial charge on any atom is -0.508 e. The second-order valence-electron chi connectivity index (χ2n) is 3.14. The molecular weight excluding hydrogens is 186 g/mol. The number of phenolic OH excluding ortho intramolecular Hbond substituents is 1. The van der Waals surface area contributed by atoms with Crippen LogP contribution in [-0.4, -0.2) is 11.7 Å². The highest BCUT2D eigenvalue weighted by molar-refractivity contribution is 6.31. The van der Waals surface area contributed by atoms with Crippen molar-refractivity contribution >= 4 is 11.6 Å². The van der Waals surface area contributed by atoms with Gasteiger partial charge < -0.3 is 10.8 Å². The molecule has 0 aliphatic rings. The van der Waals surface area contributed by atoms with Gasteiger partial charge in [0, 0.05) is 10.6 Å². The summed E-state index contributed by atoms with van der Waals surface area (Å²) in [5.41, 5.74) is 7.16. The number of aromatic hydroxyl groups is 1. The van der Waals surface area contributed by atoms with Gasteiger partial charge in [0.15, 0.2) is 0 Å². The van der Waals surface area contributed by atoms with E-state index < -0.39 is 0 Å². The summed E-state index contributed by atoms with van der Waals surface area (Å²) in [7, 11) is 0. The molecule has 0 aliphatic carbocycles. The molecule has 0 unspecified atom stereocenters. The summed E-state index contributed by atoms with van der Waals surface area (Å²) in [6, 6.07) is 3.57. The quantitative estimate of drug-likeness (QED) is 0.785. The predicted molar refractivity (Wildman–Crippen MR) is 55.2 cm³/mol. The molecule has 2 nitrogen and oxygen atoms in total. The molecule has 0 bridgehead atoms. The van der Waals surface area contributed by atoms with E-state index in [0.29, 0.717) is 11.6 Å². The van der Waals surface area contributed by atoms with Crippen LogP contribution in [0.1, 0.15) is 17.5 Å². The van der Waals surface area contributed by atoms with E-state index in [4.69, 9.17) is 17.3 Å². The first-order valence-corrected chi connectivity index (χ1v) is 4.71. The smallest absolute Gasteiger partial charge is 0.120 e. The predicted octanol–water partition coefficient (Wildman–Crippen LogP) is 2.25. The first-order valence-electron chi connectivity index (χ1n) is 4.33. The molecule has 3 heteroatoms. The lowest BCUT2D eigenvalue weighted by Gasteiger charge is -2.07. The summed E-state index contributed by atoms with van der Waals surface area (Å²) in [5.74, 6) is 0.276. The number of aryl methyl sites for hydroxylation is 1. The number of hydrogen-bond acceptors (Lipinski definition) is 2. The van der Waals surface area contributed by atoms with E-state index in [-0.39, 0.29) is 5.75 Å². The van der Waals surface area contributed by atoms with Crippen LogP contribution in [0.2, 0.25) is 5.02 Å². The summed E-state index contributed by atoms with van der Waals surface area (Å²) in [6.07, 6.45) is 1.58. The van der Waals surface area contributed by atoms with Gasteiger partial charge in [-0.3, -0.25) is 0 Å². The Balaban J connectivity index is 2.92. The maximum atomic E-state index is 9.57. The summed E-state index contributed by atoms with van der Waals surface area (Å²) < 4.78 is 0. The molecule has 0 saturated carbocycles. The zero-order chi connectivity index (χ0) is 9.84. The van der Waals surface area contributed by atoms with Crippen molar-refractivity contribution in [3.63, 3.8) is 0 Å². The molecule has 0 amide bonds. The lowest BCUT2D eigenvalue weighted by molar-refractivity contribution is 0.467. The second kappa shape index (κ2) is 4.49. The Morgan fingerprint density at radius 1 is 1.46 bits per heavy atom. The second-order valence-corrected chi connectivity index (χ2v) is 3.54. The Hall–Kier alpha value is -0.730. The first-order chi connectivity index (χ1) is 6.15. The van der Waals surface area contributed by atoms with Crippen molar-refractivity contribution in [3.05, 3.63) is 28.3 Å². The first kappa shape index (κ1) is 10.4. The molecule has 1 aromatic carbocycles. The lowest BCUT2D eigenvalue weighted by atomic mass is 10.1. The SMILES string of the molecule is Cc1cc(O)c(CCCN)c(Cl)c1. The fourth-order valence-corrected chi connectivity index (χ4v) is 1.64. The molecule has 72 valence electrons. The Kier molecular flexibility index (Phi) is 3.58. The van der Waals surface area contributed by atoms with Crippen LogP contribution in [0.5, 0.6) is 5.75 Å². The van der Waals surface area contributed by atoms with Gasteiger partial charge in [0.25, 0.3) is 0 Å². The summed E-state index contributed by atoms with van der Waals surface area (Å²) in [6.45, 7) is 2.52. The average Bonchev–Trinajstić information content (AvgIpc) is 2.02. The molecule has 0 aliphatic heterocycles. The van der Waals surface area contributed by atoms with Gasteiger partial charge in [-0.1, -0.05) is 11.6 Å². The topological polar surface area (TPSA) is 46.2 Å². The molecule has 0 aromatic heterocycles. The van der Waals surface area contributed by atoms with Crippen molar-refractivity contribution < 1.29 is 5.11 Å². The highest BCUT2D eigenvalue weighted by Gasteiger charge is 2.06. The van der Waals surface area contributed by atoms with Crippen LogP contribution in [0, 0.1) is 6.92 Å². The molecule has 1 rings (SSSR count). The molecule has 3 N–H and O–H groups in total. The van der Waals surface area contributed by atoms with Crippen molar-refractivity contribution in [2.24, 2.45) is 5.73 Å². The van der Waals surface area contributed by atoms with Crippen molar-refractivity contribution in [1.82, 2.24) is 0 Å². The maximum absolute atomic E-state index is 9.57. The highest BCUT2D eigenvalue weighted by atomic mass is 35.5. The zero-order valence-electron chi connectivity index (χ0n) is 7.68. The third-order valence-corrected chi connectivity index (χ3v) is 2.28. The Labute approximate surface area is 83.3 Å². The fraction of sp³-hybridized carbons (Fsp3) is 0.400. The molecule has 0 saturated heterocycles. The van der Waals surface area contributed by atoms with Crippen LogP contribution in [0.3, 0.4) is 0 Å². The van der Waals surface area contributed by atoms with E-state index in [1.54, 1.807) is 6.07 Å². The molecular formula is C10H14ClNO. The maximum Gasteiger partial charge on any atom is 0.120 e. The van der Waals surface area contributed by atoms with E-state index in [0.717, 1.165) is 24.0 Å². The van der Waals surface area contributed by atoms with E-state index in [1.807, 2.05) is 13.0 Å². The summed E-state index contributed by atoms with van der Waals surface area (Å²) in [4.78, 5) is 0. The van der Waals surface area contributed by atoms with Crippen LogP contribution in [0.25, 0.3) is 0 Å². The minimum atomic E-state index is 0.276. The molecule has 13 heavy (non-hydrogen) atoms. The Bertz CT molecular complexity index is 276. The third kappa shape index (κ3) is 2.61. The van der Waals surface area contributed by atoms with Crippen molar-refractivity contribution in [1.29, 1.82) is 0 Å². The standard InChI is InChI=1S/C10H14ClNO/c1-7-5-9(11)8(3-2-4-12)10(13)6-7/h5-6,13H,2-4,12H2,1H3. The van der Waals surface area contributed by atoms with Gasteiger partial charge in [-0.25, -0.2) is 0 Å². The average molecular weight is 200 g/mol. The van der Waals surface area contributed by atoms with Crippen molar-refractivity contribution in [2.45, 2.75) is 19.8 Å². The summed E-state index contributed by atoms with van der Waals surface area (Å²) >= 11 is 5.97. The molecule has 0 fully saturated rings. The number of benzene rings is 1. The van der Waals surface area contributed by atoms with Crippen LogP contribution in [-0.2, 0) is 6.42 Å². The third-order valence-electron chi connectivity index (χ3n) is 1.95. The van der Waals surface area contributed by atoms with Crippen molar-refractivity contribution in [2.75, 3.05) is 6.54 Å². The van der Waals surface area contributed by atoms with E-state index in [2.05, 4.69) is 0 Å². The van der Waals surface area contributed by atoms with Gasteiger partial charge in [-0.05, 0) is 44.0 Å². The Morgan fingerprint density at radius 2 is 2.15 bits per heavy atom. The fourth-order valence-electron chi connectivity index (χ4n) is 1.28. The largest absolute Gasteiger partial charge is 0.508 e. The van der Waals surface area contributed by atoms with E-state index in [9.17, 15) is 5.11 Å². The lowest BCUT2D eigenvalue weighted by Crippen LogP contribution is -2.01. The van der Waals surface area contributed by atoms with Gasteiger partial charge in [-0.2, -0.15) is 0 Å². The van der Waals surface area contributed by atoms with Gasteiger partial charge >= 0.3 is 0 Å². The highest BCUT2D eigenvalue weighted by Crippen LogP contribution is 2.28. The van der Waals surface area contributed by atoms with Gasteiger partial charge in [-0.15, -0.1) is 0 Å². The number of nitrogens with two attached hydrogens (primary N) is 1. The number of rotatable bonds is 3. The number of halogens is 1. The molecule has 0 spiro atoms. The molecule has 0 radical (unpaired) electrons. The van der Waals surface area contributed by atoms with E-state index in [1.165, 1.54) is 0 Å². The van der Waals surface area contributed by atoms with Crippen LogP contribution >= 0.6 is 11.6 Å². The monoisotopic (exact) mass is 199 g/mol. The van der Waals surface area contributed by atoms with Crippen LogP contribution in [0.15, 0.2) is 12.1 Å². The van der Waals surface area contributed by atoms with Crippen LogP contribution in [0.4, 0.5) is 0 Å². The van der Waals surface area contributed by atoms with Crippen molar-refractivity contribution in [3.8, 4) is 5.75 Å². The van der Waals surface area contributed by atoms with E-state index >= 15 is 0 Å². The van der Waals surface area contributed by atoms with Gasteiger partial charge in [0.05, 0.1) is 0 Å². The van der Waals surface area contributed by atoms with Gasteiger partial charge in [0.2, 0.25) is 0 Å². The van der Waals surface area contributed by atoms with Crippen LogP contribution < -0.4 is 5.73 Å². The number of hydrogen-bond donors (Lipinski definition) is 2. The molecule has 1 aromatic rings. The van der Waals surface area contributed by atoms with Gasteiger partial charge in [0.1, 0.15) is 5.75 Å². The summed E-state index contributed by atoms with van der Waals surface area (Å²) in [5, 5.41) is 10.2. The molecule has 0 atom stereocenters. The molecule has 0 heterocycles.